The van der Waals surface area contributed by atoms with Crippen molar-refractivity contribution in [2.24, 2.45) is 5.73 Å². The summed E-state index contributed by atoms with van der Waals surface area (Å²) in [5, 5.41) is 0. The quantitative estimate of drug-likeness (QED) is 0.902. The van der Waals surface area contributed by atoms with Gasteiger partial charge < -0.3 is 10.5 Å². The number of carbonyl (C=O) groups is 1. The second-order valence-corrected chi connectivity index (χ2v) is 4.11. The van der Waals surface area contributed by atoms with Crippen LogP contribution in [0, 0.1) is 0 Å². The van der Waals surface area contributed by atoms with Crippen molar-refractivity contribution in [1.82, 2.24) is 0 Å². The van der Waals surface area contributed by atoms with Gasteiger partial charge in [0, 0.05) is 12.0 Å². The number of ether oxygens (including phenoxy) is 1. The molecule has 0 aromatic heterocycles. The van der Waals surface area contributed by atoms with Gasteiger partial charge in [0.25, 0.3) is 0 Å². The summed E-state index contributed by atoms with van der Waals surface area (Å²) in [6, 6.07) is 6.39. The van der Waals surface area contributed by atoms with Crippen molar-refractivity contribution in [3.8, 4) is 5.75 Å². The predicted molar refractivity (Wildman–Crippen MR) is 60.4 cm³/mol. The fraction of sp³-hybridized carbons (Fsp3) is 0.417. The Kier molecular flexibility index (Phi) is 4.01. The van der Waals surface area contributed by atoms with Crippen molar-refractivity contribution < 1.29 is 22.7 Å². The van der Waals surface area contributed by atoms with Crippen LogP contribution in [0.25, 0.3) is 0 Å². The van der Waals surface area contributed by atoms with Gasteiger partial charge in [-0.3, -0.25) is 4.79 Å². The topological polar surface area (TPSA) is 52.3 Å². The fourth-order valence-corrected chi connectivity index (χ4v) is 1.36. The van der Waals surface area contributed by atoms with Crippen molar-refractivity contribution >= 4 is 5.78 Å². The van der Waals surface area contributed by atoms with Crippen LogP contribution in [0.2, 0.25) is 0 Å². The molecule has 1 aromatic rings. The normalized spacial score (nSPS) is 15.0. The van der Waals surface area contributed by atoms with Crippen LogP contribution < -0.4 is 10.5 Å². The number of Topliss-reactive ketones (excluding diaryl/α,β-unsaturated/α-hetero) is 1. The average molecular weight is 261 g/mol. The lowest BCUT2D eigenvalue weighted by atomic mass is 9.92. The molecule has 3 nitrogen and oxygen atoms in total. The molecule has 0 bridgehead atoms. The van der Waals surface area contributed by atoms with E-state index >= 15 is 0 Å². The first-order valence-corrected chi connectivity index (χ1v) is 5.21. The Morgan fingerprint density at radius 2 is 1.89 bits per heavy atom. The van der Waals surface area contributed by atoms with Gasteiger partial charge in [0.1, 0.15) is 5.75 Å². The summed E-state index contributed by atoms with van der Waals surface area (Å²) in [5.74, 6) is -0.733. The SMILES string of the molecule is COc1ccccc1CC(=O)C(C)(N)C(F)(F)F. The van der Waals surface area contributed by atoms with E-state index in [2.05, 4.69) is 0 Å². The van der Waals surface area contributed by atoms with Crippen molar-refractivity contribution in [2.75, 3.05) is 7.11 Å². The smallest absolute Gasteiger partial charge is 0.413 e. The van der Waals surface area contributed by atoms with E-state index in [0.29, 0.717) is 18.2 Å². The van der Waals surface area contributed by atoms with Gasteiger partial charge in [-0.15, -0.1) is 0 Å². The first-order valence-electron chi connectivity index (χ1n) is 5.21. The summed E-state index contributed by atoms with van der Waals surface area (Å²) in [4.78, 5) is 11.6. The highest BCUT2D eigenvalue weighted by Gasteiger charge is 2.53. The molecular weight excluding hydrogens is 247 g/mol. The molecule has 0 aliphatic rings. The molecular formula is C12H14F3NO2. The Hall–Kier alpha value is -1.56. The molecule has 100 valence electrons. The second-order valence-electron chi connectivity index (χ2n) is 4.11. The number of alkyl halides is 3. The number of ketones is 1. The van der Waals surface area contributed by atoms with Crippen molar-refractivity contribution in [2.45, 2.75) is 25.1 Å². The molecule has 1 atom stereocenters. The first-order chi connectivity index (χ1) is 8.20. The number of hydrogen-bond donors (Lipinski definition) is 1. The monoisotopic (exact) mass is 261 g/mol. The highest BCUT2D eigenvalue weighted by atomic mass is 19.4. The lowest BCUT2D eigenvalue weighted by molar-refractivity contribution is -0.185. The maximum absolute atomic E-state index is 12.6. The third kappa shape index (κ3) is 2.81. The predicted octanol–water partition coefficient (Wildman–Crippen LogP) is 2.09. The van der Waals surface area contributed by atoms with E-state index in [0.717, 1.165) is 0 Å². The van der Waals surface area contributed by atoms with E-state index in [-0.39, 0.29) is 0 Å². The summed E-state index contributed by atoms with van der Waals surface area (Å²) in [6.45, 7) is 0.671. The maximum Gasteiger partial charge on any atom is 0.413 e. The van der Waals surface area contributed by atoms with E-state index in [1.165, 1.54) is 13.2 Å². The Labute approximate surface area is 103 Å². The van der Waals surface area contributed by atoms with Crippen LogP contribution in [0.1, 0.15) is 12.5 Å². The summed E-state index contributed by atoms with van der Waals surface area (Å²) >= 11 is 0. The number of nitrogens with two attached hydrogens (primary N) is 1. The van der Waals surface area contributed by atoms with Crippen LogP contribution in [0.15, 0.2) is 24.3 Å². The molecule has 1 rings (SSSR count). The van der Waals surface area contributed by atoms with E-state index in [1.807, 2.05) is 0 Å². The van der Waals surface area contributed by atoms with Gasteiger partial charge in [-0.1, -0.05) is 18.2 Å². The fourth-order valence-electron chi connectivity index (χ4n) is 1.36. The van der Waals surface area contributed by atoms with Gasteiger partial charge in [-0.2, -0.15) is 13.2 Å². The van der Waals surface area contributed by atoms with Crippen LogP contribution in [0.4, 0.5) is 13.2 Å². The molecule has 0 saturated heterocycles. The highest BCUT2D eigenvalue weighted by molar-refractivity contribution is 5.90. The van der Waals surface area contributed by atoms with Gasteiger partial charge in [0.15, 0.2) is 11.3 Å². The summed E-state index contributed by atoms with van der Waals surface area (Å²) in [6.07, 6.45) is -5.19. The van der Waals surface area contributed by atoms with E-state index in [4.69, 9.17) is 10.5 Å². The first kappa shape index (κ1) is 14.5. The number of para-hydroxylation sites is 1. The summed E-state index contributed by atoms with van der Waals surface area (Å²) in [5.41, 5.74) is 2.59. The third-order valence-corrected chi connectivity index (χ3v) is 2.71. The zero-order chi connectivity index (χ0) is 14.0. The van der Waals surface area contributed by atoms with Crippen LogP contribution in [0.3, 0.4) is 0 Å². The van der Waals surface area contributed by atoms with Crippen molar-refractivity contribution in [3.05, 3.63) is 29.8 Å². The molecule has 1 unspecified atom stereocenters. The van der Waals surface area contributed by atoms with Gasteiger partial charge in [-0.25, -0.2) is 0 Å². The molecule has 0 heterocycles. The van der Waals surface area contributed by atoms with Crippen molar-refractivity contribution in [1.29, 1.82) is 0 Å². The van der Waals surface area contributed by atoms with Crippen LogP contribution in [0.5, 0.6) is 5.75 Å². The minimum Gasteiger partial charge on any atom is -0.496 e. The standard InChI is InChI=1S/C12H14F3NO2/c1-11(16,12(13,14)15)10(17)7-8-5-3-4-6-9(8)18-2/h3-6H,7,16H2,1-2H3. The Balaban J connectivity index is 2.95. The van der Waals surface area contributed by atoms with E-state index < -0.39 is 23.9 Å². The lowest BCUT2D eigenvalue weighted by Crippen LogP contribution is -2.57. The van der Waals surface area contributed by atoms with Crippen LogP contribution in [-0.2, 0) is 11.2 Å². The zero-order valence-electron chi connectivity index (χ0n) is 10.0. The minimum absolute atomic E-state index is 0.365. The number of hydrogen-bond acceptors (Lipinski definition) is 3. The van der Waals surface area contributed by atoms with Gasteiger partial charge in [0.05, 0.1) is 7.11 Å². The average Bonchev–Trinajstić information content (AvgIpc) is 2.28. The van der Waals surface area contributed by atoms with E-state index in [1.54, 1.807) is 18.2 Å². The van der Waals surface area contributed by atoms with Crippen molar-refractivity contribution in [3.63, 3.8) is 0 Å². The molecule has 18 heavy (non-hydrogen) atoms. The molecule has 0 amide bonds. The summed E-state index contributed by atoms with van der Waals surface area (Å²) in [7, 11) is 1.38. The largest absolute Gasteiger partial charge is 0.496 e. The van der Waals surface area contributed by atoms with Gasteiger partial charge >= 0.3 is 6.18 Å². The minimum atomic E-state index is -4.77. The number of rotatable bonds is 4. The maximum atomic E-state index is 12.6. The molecule has 0 saturated carbocycles. The molecule has 0 radical (unpaired) electrons. The summed E-state index contributed by atoms with van der Waals surface area (Å²) < 4.78 is 42.7. The zero-order valence-corrected chi connectivity index (χ0v) is 10.0. The number of benzene rings is 1. The molecule has 0 aliphatic heterocycles. The molecule has 1 aromatic carbocycles. The lowest BCUT2D eigenvalue weighted by Gasteiger charge is -2.26. The number of halogens is 3. The third-order valence-electron chi connectivity index (χ3n) is 2.71. The Morgan fingerprint density at radius 3 is 2.39 bits per heavy atom. The van der Waals surface area contributed by atoms with Crippen LogP contribution in [-0.4, -0.2) is 24.6 Å². The second kappa shape index (κ2) is 4.97. The van der Waals surface area contributed by atoms with E-state index in [9.17, 15) is 18.0 Å². The molecule has 0 fully saturated rings. The number of carbonyl (C=O) groups excluding carboxylic acids is 1. The molecule has 6 heteroatoms. The highest BCUT2D eigenvalue weighted by Crippen LogP contribution is 2.30. The van der Waals surface area contributed by atoms with Crippen LogP contribution >= 0.6 is 0 Å². The molecule has 2 N–H and O–H groups in total. The molecule has 0 spiro atoms. The van der Waals surface area contributed by atoms with Gasteiger partial charge in [-0.05, 0) is 13.0 Å². The number of methoxy groups -OCH3 is 1. The Bertz CT molecular complexity index is 441. The molecule has 0 aliphatic carbocycles. The Morgan fingerprint density at radius 1 is 1.33 bits per heavy atom. The van der Waals surface area contributed by atoms with Gasteiger partial charge in [0.2, 0.25) is 0 Å².